The molecule has 5 heteroatoms. The van der Waals surface area contributed by atoms with Crippen LogP contribution in [0, 0.1) is 0 Å². The van der Waals surface area contributed by atoms with Crippen molar-refractivity contribution in [2.75, 3.05) is 40.0 Å². The number of rotatable bonds is 7. The molecular formula is C11H22N2O3. The van der Waals surface area contributed by atoms with Gasteiger partial charge < -0.3 is 20.1 Å². The molecule has 94 valence electrons. The monoisotopic (exact) mass is 230 g/mol. The molecule has 0 aromatic carbocycles. The summed E-state index contributed by atoms with van der Waals surface area (Å²) < 4.78 is 10.4. The Morgan fingerprint density at radius 1 is 1.56 bits per heavy atom. The lowest BCUT2D eigenvalue weighted by Crippen LogP contribution is -2.38. The summed E-state index contributed by atoms with van der Waals surface area (Å²) in [5.41, 5.74) is 0. The van der Waals surface area contributed by atoms with Crippen molar-refractivity contribution >= 4 is 5.91 Å². The molecule has 1 aliphatic rings. The van der Waals surface area contributed by atoms with Crippen molar-refractivity contribution in [2.45, 2.75) is 25.4 Å². The average Bonchev–Trinajstić information content (AvgIpc) is 2.33. The zero-order valence-corrected chi connectivity index (χ0v) is 9.96. The molecule has 0 spiro atoms. The van der Waals surface area contributed by atoms with E-state index in [-0.39, 0.29) is 18.6 Å². The SMILES string of the molecule is COCCCNC(=O)CO[C@H]1CCCNC1. The molecule has 1 heterocycles. The van der Waals surface area contributed by atoms with Crippen LogP contribution in [0.3, 0.4) is 0 Å². The normalized spacial score (nSPS) is 20.7. The van der Waals surface area contributed by atoms with E-state index in [4.69, 9.17) is 9.47 Å². The second-order valence-electron chi connectivity index (χ2n) is 3.98. The number of nitrogens with one attached hydrogen (secondary N) is 2. The number of carbonyl (C=O) groups is 1. The molecule has 2 N–H and O–H groups in total. The third kappa shape index (κ3) is 6.05. The molecule has 0 aromatic heterocycles. The van der Waals surface area contributed by atoms with Crippen molar-refractivity contribution in [3.63, 3.8) is 0 Å². The number of amides is 1. The first-order valence-electron chi connectivity index (χ1n) is 5.91. The third-order valence-electron chi connectivity index (χ3n) is 2.55. The van der Waals surface area contributed by atoms with E-state index >= 15 is 0 Å². The zero-order chi connectivity index (χ0) is 11.6. The highest BCUT2D eigenvalue weighted by molar-refractivity contribution is 5.77. The van der Waals surface area contributed by atoms with Gasteiger partial charge in [-0.1, -0.05) is 0 Å². The molecule has 1 atom stereocenters. The molecule has 0 saturated carbocycles. The van der Waals surface area contributed by atoms with Crippen LogP contribution in [0.5, 0.6) is 0 Å². The van der Waals surface area contributed by atoms with Gasteiger partial charge in [-0.2, -0.15) is 0 Å². The maximum Gasteiger partial charge on any atom is 0.246 e. The van der Waals surface area contributed by atoms with Gasteiger partial charge in [0, 0.05) is 26.8 Å². The smallest absolute Gasteiger partial charge is 0.246 e. The summed E-state index contributed by atoms with van der Waals surface area (Å²) in [7, 11) is 1.65. The highest BCUT2D eigenvalue weighted by Gasteiger charge is 2.14. The Hall–Kier alpha value is -0.650. The number of hydrogen-bond acceptors (Lipinski definition) is 4. The second kappa shape index (κ2) is 8.50. The van der Waals surface area contributed by atoms with Crippen LogP contribution in [0.2, 0.25) is 0 Å². The number of hydrogen-bond donors (Lipinski definition) is 2. The van der Waals surface area contributed by atoms with Crippen molar-refractivity contribution in [1.29, 1.82) is 0 Å². The third-order valence-corrected chi connectivity index (χ3v) is 2.55. The largest absolute Gasteiger partial charge is 0.385 e. The van der Waals surface area contributed by atoms with Gasteiger partial charge in [0.2, 0.25) is 5.91 Å². The lowest BCUT2D eigenvalue weighted by molar-refractivity contribution is -0.128. The van der Waals surface area contributed by atoms with Gasteiger partial charge in [-0.3, -0.25) is 4.79 Å². The Morgan fingerprint density at radius 2 is 2.44 bits per heavy atom. The minimum absolute atomic E-state index is 0.0401. The molecule has 0 unspecified atom stereocenters. The van der Waals surface area contributed by atoms with E-state index in [1.165, 1.54) is 0 Å². The highest BCUT2D eigenvalue weighted by atomic mass is 16.5. The molecule has 1 rings (SSSR count). The molecule has 16 heavy (non-hydrogen) atoms. The number of methoxy groups -OCH3 is 1. The standard InChI is InChI=1S/C11H22N2O3/c1-15-7-3-6-13-11(14)9-16-10-4-2-5-12-8-10/h10,12H,2-9H2,1H3,(H,13,14)/t10-/m0/s1. The Balaban J connectivity index is 1.96. The summed E-state index contributed by atoms with van der Waals surface area (Å²) in [5, 5.41) is 6.04. The summed E-state index contributed by atoms with van der Waals surface area (Å²) in [6.45, 7) is 3.41. The van der Waals surface area contributed by atoms with Gasteiger partial charge in [-0.15, -0.1) is 0 Å². The molecule has 0 radical (unpaired) electrons. The molecule has 5 nitrogen and oxygen atoms in total. The van der Waals surface area contributed by atoms with Gasteiger partial charge in [-0.25, -0.2) is 0 Å². The van der Waals surface area contributed by atoms with Crippen molar-refractivity contribution in [1.82, 2.24) is 10.6 Å². The molecule has 0 bridgehead atoms. The van der Waals surface area contributed by atoms with Crippen molar-refractivity contribution in [3.8, 4) is 0 Å². The predicted octanol–water partition coefficient (Wildman–Crippen LogP) is -0.0923. The predicted molar refractivity (Wildman–Crippen MR) is 61.3 cm³/mol. The first-order valence-corrected chi connectivity index (χ1v) is 5.91. The number of ether oxygens (including phenoxy) is 2. The van der Waals surface area contributed by atoms with Crippen LogP contribution in [0.15, 0.2) is 0 Å². The topological polar surface area (TPSA) is 59.6 Å². The van der Waals surface area contributed by atoms with Gasteiger partial charge >= 0.3 is 0 Å². The Bertz CT molecular complexity index is 194. The Kier molecular flexibility index (Phi) is 7.12. The zero-order valence-electron chi connectivity index (χ0n) is 9.96. The summed E-state index contributed by atoms with van der Waals surface area (Å²) in [5.74, 6) is -0.0401. The highest BCUT2D eigenvalue weighted by Crippen LogP contribution is 2.05. The molecule has 0 aliphatic carbocycles. The van der Waals surface area contributed by atoms with Crippen LogP contribution in [-0.2, 0) is 14.3 Å². The average molecular weight is 230 g/mol. The van der Waals surface area contributed by atoms with Gasteiger partial charge in [0.25, 0.3) is 0 Å². The van der Waals surface area contributed by atoms with Gasteiger partial charge in [0.15, 0.2) is 0 Å². The number of piperidine rings is 1. The Morgan fingerprint density at radius 3 is 3.12 bits per heavy atom. The maximum atomic E-state index is 11.4. The maximum absolute atomic E-state index is 11.4. The van der Waals surface area contributed by atoms with Crippen LogP contribution in [0.4, 0.5) is 0 Å². The van der Waals surface area contributed by atoms with E-state index in [2.05, 4.69) is 10.6 Å². The summed E-state index contributed by atoms with van der Waals surface area (Å²) in [4.78, 5) is 11.4. The van der Waals surface area contributed by atoms with Crippen LogP contribution in [0.25, 0.3) is 0 Å². The quantitative estimate of drug-likeness (QED) is 0.600. The lowest BCUT2D eigenvalue weighted by atomic mass is 10.1. The van der Waals surface area contributed by atoms with Crippen molar-refractivity contribution in [2.24, 2.45) is 0 Å². The summed E-state index contributed by atoms with van der Waals surface area (Å²) in [6.07, 6.45) is 3.20. The van der Waals surface area contributed by atoms with E-state index in [1.807, 2.05) is 0 Å². The van der Waals surface area contributed by atoms with Crippen molar-refractivity contribution < 1.29 is 14.3 Å². The van der Waals surface area contributed by atoms with Crippen molar-refractivity contribution in [3.05, 3.63) is 0 Å². The van der Waals surface area contributed by atoms with E-state index in [0.717, 1.165) is 32.4 Å². The van der Waals surface area contributed by atoms with E-state index in [0.29, 0.717) is 13.2 Å². The van der Waals surface area contributed by atoms with E-state index in [9.17, 15) is 4.79 Å². The molecule has 1 amide bonds. The van der Waals surface area contributed by atoms with Crippen LogP contribution in [0.1, 0.15) is 19.3 Å². The number of carbonyl (C=O) groups excluding carboxylic acids is 1. The lowest BCUT2D eigenvalue weighted by Gasteiger charge is -2.22. The van der Waals surface area contributed by atoms with Crippen LogP contribution < -0.4 is 10.6 Å². The summed E-state index contributed by atoms with van der Waals surface area (Å²) in [6, 6.07) is 0. The van der Waals surface area contributed by atoms with E-state index < -0.39 is 0 Å². The molecule has 0 aromatic rings. The van der Waals surface area contributed by atoms with Gasteiger partial charge in [-0.05, 0) is 25.8 Å². The second-order valence-corrected chi connectivity index (χ2v) is 3.98. The fourth-order valence-corrected chi connectivity index (χ4v) is 1.65. The van der Waals surface area contributed by atoms with Crippen LogP contribution in [-0.4, -0.2) is 52.0 Å². The minimum atomic E-state index is -0.0401. The van der Waals surface area contributed by atoms with E-state index in [1.54, 1.807) is 7.11 Å². The van der Waals surface area contributed by atoms with Crippen LogP contribution >= 0.6 is 0 Å². The van der Waals surface area contributed by atoms with Gasteiger partial charge in [0.05, 0.1) is 6.10 Å². The van der Waals surface area contributed by atoms with Gasteiger partial charge in [0.1, 0.15) is 6.61 Å². The fraction of sp³-hybridized carbons (Fsp3) is 0.909. The first kappa shape index (κ1) is 13.4. The first-order chi connectivity index (χ1) is 7.83. The molecule has 1 saturated heterocycles. The summed E-state index contributed by atoms with van der Waals surface area (Å²) >= 11 is 0. The Labute approximate surface area is 96.9 Å². The fourth-order valence-electron chi connectivity index (χ4n) is 1.65. The minimum Gasteiger partial charge on any atom is -0.385 e. The molecule has 1 aliphatic heterocycles. The molecule has 1 fully saturated rings. The molecular weight excluding hydrogens is 208 g/mol.